The minimum Gasteiger partial charge on any atom is -0.373 e. The van der Waals surface area contributed by atoms with Gasteiger partial charge in [0.25, 0.3) is 0 Å². The van der Waals surface area contributed by atoms with E-state index < -0.39 is 41.8 Å². The summed E-state index contributed by atoms with van der Waals surface area (Å²) in [6.45, 7) is 3.56. The topological polar surface area (TPSA) is 137 Å². The Hall–Kier alpha value is -3.59. The zero-order valence-corrected chi connectivity index (χ0v) is 19.2. The average molecular weight is 467 g/mol. The predicted octanol–water partition coefficient (Wildman–Crippen LogP) is 1.04. The van der Waals surface area contributed by atoms with E-state index in [1.54, 1.807) is 38.2 Å². The Morgan fingerprint density at radius 3 is 2.35 bits per heavy atom. The number of carbonyl (C=O) groups is 4. The number of carbonyl (C=O) groups excluding carboxylic acids is 4. The molecular formula is C25H30N4O5. The Bertz CT molecular complexity index is 1010. The van der Waals surface area contributed by atoms with Crippen molar-refractivity contribution in [1.29, 1.82) is 0 Å². The standard InChI is InChI=1S/C25H30N4O5/c1-15(2)23(24(33)18-13-21(31)29-25(18)34)28-22(32)14-19(16-8-4-3-5-9-16)27-20(30)12-17-10-6-7-11-26-17/h3-11,15,18-19,23,25,34H,12-14H2,1-2H3,(H,27,30)(H,28,32)(H,29,31)/t18-,19+,23-,25+/m1/s1. The summed E-state index contributed by atoms with van der Waals surface area (Å²) in [6.07, 6.45) is 0.215. The summed E-state index contributed by atoms with van der Waals surface area (Å²) in [6, 6.07) is 12.9. The number of rotatable bonds is 10. The van der Waals surface area contributed by atoms with E-state index in [0.29, 0.717) is 5.69 Å². The highest BCUT2D eigenvalue weighted by atomic mass is 16.3. The molecule has 9 heteroatoms. The van der Waals surface area contributed by atoms with Crippen molar-refractivity contribution in [3.05, 3.63) is 66.0 Å². The van der Waals surface area contributed by atoms with Crippen LogP contribution in [0.2, 0.25) is 0 Å². The lowest BCUT2D eigenvalue weighted by atomic mass is 9.89. The molecular weight excluding hydrogens is 436 g/mol. The number of nitrogens with one attached hydrogen (secondary N) is 3. The number of aromatic nitrogens is 1. The van der Waals surface area contributed by atoms with Crippen molar-refractivity contribution in [2.24, 2.45) is 11.8 Å². The summed E-state index contributed by atoms with van der Waals surface area (Å²) < 4.78 is 0. The molecule has 0 saturated carbocycles. The molecule has 0 bridgehead atoms. The molecule has 2 heterocycles. The van der Waals surface area contributed by atoms with Crippen LogP contribution in [0.4, 0.5) is 0 Å². The summed E-state index contributed by atoms with van der Waals surface area (Å²) in [7, 11) is 0. The highest BCUT2D eigenvalue weighted by Crippen LogP contribution is 2.22. The number of aliphatic hydroxyl groups is 1. The van der Waals surface area contributed by atoms with Gasteiger partial charge in [-0.3, -0.25) is 24.2 Å². The molecule has 180 valence electrons. The summed E-state index contributed by atoms with van der Waals surface area (Å²) in [5.41, 5.74) is 1.36. The van der Waals surface area contributed by atoms with Gasteiger partial charge in [0.05, 0.1) is 30.8 Å². The van der Waals surface area contributed by atoms with E-state index in [9.17, 15) is 24.3 Å². The number of hydrogen-bond acceptors (Lipinski definition) is 6. The van der Waals surface area contributed by atoms with Crippen molar-refractivity contribution in [3.63, 3.8) is 0 Å². The van der Waals surface area contributed by atoms with Gasteiger partial charge in [-0.15, -0.1) is 0 Å². The first-order chi connectivity index (χ1) is 16.2. The molecule has 4 atom stereocenters. The lowest BCUT2D eigenvalue weighted by Crippen LogP contribution is -2.49. The van der Waals surface area contributed by atoms with E-state index >= 15 is 0 Å². The van der Waals surface area contributed by atoms with Gasteiger partial charge in [-0.05, 0) is 23.6 Å². The highest BCUT2D eigenvalue weighted by Gasteiger charge is 2.40. The second-order valence-electron chi connectivity index (χ2n) is 8.75. The van der Waals surface area contributed by atoms with Gasteiger partial charge in [0.15, 0.2) is 5.78 Å². The first kappa shape index (κ1) is 25.0. The first-order valence-electron chi connectivity index (χ1n) is 11.3. The normalized spacial score (nSPS) is 19.2. The smallest absolute Gasteiger partial charge is 0.226 e. The molecule has 3 amide bonds. The van der Waals surface area contributed by atoms with Gasteiger partial charge < -0.3 is 21.1 Å². The van der Waals surface area contributed by atoms with E-state index in [2.05, 4.69) is 20.9 Å². The van der Waals surface area contributed by atoms with Crippen LogP contribution in [-0.2, 0) is 25.6 Å². The second-order valence-corrected chi connectivity index (χ2v) is 8.75. The average Bonchev–Trinajstić information content (AvgIpc) is 3.15. The van der Waals surface area contributed by atoms with Crippen LogP contribution >= 0.6 is 0 Å². The van der Waals surface area contributed by atoms with E-state index in [4.69, 9.17) is 0 Å². The molecule has 34 heavy (non-hydrogen) atoms. The zero-order chi connectivity index (χ0) is 24.7. The minimum absolute atomic E-state index is 0.0689. The van der Waals surface area contributed by atoms with Crippen molar-refractivity contribution in [2.45, 2.75) is 51.4 Å². The van der Waals surface area contributed by atoms with Gasteiger partial charge in [-0.25, -0.2) is 0 Å². The predicted molar refractivity (Wildman–Crippen MR) is 124 cm³/mol. The quantitative estimate of drug-likeness (QED) is 0.413. The van der Waals surface area contributed by atoms with Crippen LogP contribution in [0.1, 0.15) is 44.0 Å². The van der Waals surface area contributed by atoms with E-state index in [-0.39, 0.29) is 31.1 Å². The molecule has 1 fully saturated rings. The van der Waals surface area contributed by atoms with E-state index in [0.717, 1.165) is 5.56 Å². The number of ketones is 1. The number of aliphatic hydroxyl groups excluding tert-OH is 1. The summed E-state index contributed by atoms with van der Waals surface area (Å²) >= 11 is 0. The molecule has 4 N–H and O–H groups in total. The van der Waals surface area contributed by atoms with Crippen LogP contribution in [0.15, 0.2) is 54.7 Å². The molecule has 0 radical (unpaired) electrons. The molecule has 0 unspecified atom stereocenters. The summed E-state index contributed by atoms with van der Waals surface area (Å²) in [5.74, 6) is -2.68. The summed E-state index contributed by atoms with van der Waals surface area (Å²) in [5, 5.41) is 18.0. The van der Waals surface area contributed by atoms with Crippen molar-refractivity contribution >= 4 is 23.5 Å². The van der Waals surface area contributed by atoms with Crippen LogP contribution in [0.3, 0.4) is 0 Å². The molecule has 1 saturated heterocycles. The Kier molecular flexibility index (Phi) is 8.48. The zero-order valence-electron chi connectivity index (χ0n) is 19.2. The Balaban J connectivity index is 1.69. The van der Waals surface area contributed by atoms with Crippen LogP contribution in [-0.4, -0.2) is 45.9 Å². The molecule has 1 aliphatic rings. The van der Waals surface area contributed by atoms with Gasteiger partial charge >= 0.3 is 0 Å². The van der Waals surface area contributed by atoms with Gasteiger partial charge in [-0.2, -0.15) is 0 Å². The maximum absolute atomic E-state index is 13.0. The maximum atomic E-state index is 13.0. The van der Waals surface area contributed by atoms with E-state index in [1.807, 2.05) is 30.3 Å². The molecule has 1 aromatic carbocycles. The number of Topliss-reactive ketones (excluding diaryl/α,β-unsaturated/α-hetero) is 1. The maximum Gasteiger partial charge on any atom is 0.226 e. The number of hydrogen-bond donors (Lipinski definition) is 4. The van der Waals surface area contributed by atoms with Crippen LogP contribution in [0.25, 0.3) is 0 Å². The fourth-order valence-corrected chi connectivity index (χ4v) is 3.96. The van der Waals surface area contributed by atoms with Crippen molar-refractivity contribution in [2.75, 3.05) is 0 Å². The molecule has 0 spiro atoms. The van der Waals surface area contributed by atoms with Crippen molar-refractivity contribution in [3.8, 4) is 0 Å². The third-order valence-corrected chi connectivity index (χ3v) is 5.74. The molecule has 9 nitrogen and oxygen atoms in total. The highest BCUT2D eigenvalue weighted by molar-refractivity contribution is 5.96. The summed E-state index contributed by atoms with van der Waals surface area (Å²) in [4.78, 5) is 54.3. The Labute approximate surface area is 198 Å². The Morgan fingerprint density at radius 2 is 1.76 bits per heavy atom. The number of pyridine rings is 1. The second kappa shape index (κ2) is 11.5. The molecule has 1 aliphatic heterocycles. The van der Waals surface area contributed by atoms with Crippen LogP contribution < -0.4 is 16.0 Å². The van der Waals surface area contributed by atoms with Gasteiger partial charge in [0.2, 0.25) is 17.7 Å². The van der Waals surface area contributed by atoms with Gasteiger partial charge in [0.1, 0.15) is 6.23 Å². The molecule has 2 aromatic rings. The molecule has 1 aromatic heterocycles. The lowest BCUT2D eigenvalue weighted by Gasteiger charge is -2.26. The number of benzene rings is 1. The van der Waals surface area contributed by atoms with Crippen molar-refractivity contribution < 1.29 is 24.3 Å². The number of amides is 3. The van der Waals surface area contributed by atoms with Gasteiger partial charge in [-0.1, -0.05) is 50.2 Å². The number of nitrogens with zero attached hydrogens (tertiary/aromatic N) is 1. The van der Waals surface area contributed by atoms with E-state index in [1.165, 1.54) is 0 Å². The van der Waals surface area contributed by atoms with Gasteiger partial charge in [0, 0.05) is 18.3 Å². The van der Waals surface area contributed by atoms with Crippen LogP contribution in [0.5, 0.6) is 0 Å². The molecule has 0 aliphatic carbocycles. The third kappa shape index (κ3) is 6.71. The SMILES string of the molecule is CC(C)[C@@H](NC(=O)C[C@H](NC(=O)Cc1ccccn1)c1ccccc1)C(=O)[C@H]1CC(=O)N[C@H]1O. The Morgan fingerprint density at radius 1 is 1.06 bits per heavy atom. The fourth-order valence-electron chi connectivity index (χ4n) is 3.96. The lowest BCUT2D eigenvalue weighted by molar-refractivity contribution is -0.133. The fraction of sp³-hybridized carbons (Fsp3) is 0.400. The monoisotopic (exact) mass is 466 g/mol. The first-order valence-corrected chi connectivity index (χ1v) is 11.3. The van der Waals surface area contributed by atoms with Crippen molar-refractivity contribution in [1.82, 2.24) is 20.9 Å². The largest absolute Gasteiger partial charge is 0.373 e. The van der Waals surface area contributed by atoms with Crippen LogP contribution in [0, 0.1) is 11.8 Å². The third-order valence-electron chi connectivity index (χ3n) is 5.74. The minimum atomic E-state index is -1.26. The molecule has 3 rings (SSSR count).